The van der Waals surface area contributed by atoms with E-state index in [4.69, 9.17) is 16.3 Å². The number of halogens is 1. The van der Waals surface area contributed by atoms with Gasteiger partial charge in [0.25, 0.3) is 0 Å². The van der Waals surface area contributed by atoms with Crippen LogP contribution in [0.3, 0.4) is 0 Å². The van der Waals surface area contributed by atoms with Crippen LogP contribution in [0.5, 0.6) is 0 Å². The SMILES string of the molecule is Clc1cc(CNC2CC2)cnc1N1CCOCC1. The molecule has 1 N–H and O–H groups in total. The molecule has 1 aliphatic heterocycles. The molecule has 3 rings (SSSR count). The number of aromatic nitrogens is 1. The summed E-state index contributed by atoms with van der Waals surface area (Å²) in [5.41, 5.74) is 1.16. The van der Waals surface area contributed by atoms with Crippen molar-refractivity contribution in [2.24, 2.45) is 0 Å². The molecule has 5 heteroatoms. The van der Waals surface area contributed by atoms with E-state index in [2.05, 4.69) is 15.2 Å². The van der Waals surface area contributed by atoms with E-state index in [9.17, 15) is 0 Å². The number of rotatable bonds is 4. The fraction of sp³-hybridized carbons (Fsp3) is 0.615. The molecule has 1 saturated heterocycles. The third-order valence-corrected chi connectivity index (χ3v) is 3.64. The second-order valence-electron chi connectivity index (χ2n) is 4.90. The van der Waals surface area contributed by atoms with E-state index in [1.807, 2.05) is 12.3 Å². The van der Waals surface area contributed by atoms with Gasteiger partial charge >= 0.3 is 0 Å². The summed E-state index contributed by atoms with van der Waals surface area (Å²) in [7, 11) is 0. The van der Waals surface area contributed by atoms with E-state index in [0.29, 0.717) is 6.04 Å². The van der Waals surface area contributed by atoms with Crippen LogP contribution in [0.2, 0.25) is 5.02 Å². The summed E-state index contributed by atoms with van der Waals surface area (Å²) in [6.45, 7) is 4.10. The van der Waals surface area contributed by atoms with Crippen molar-refractivity contribution in [3.63, 3.8) is 0 Å². The number of pyridine rings is 1. The van der Waals surface area contributed by atoms with Gasteiger partial charge < -0.3 is 15.0 Å². The lowest BCUT2D eigenvalue weighted by molar-refractivity contribution is 0.122. The maximum atomic E-state index is 6.32. The van der Waals surface area contributed by atoms with Gasteiger partial charge in [0.1, 0.15) is 5.82 Å². The number of nitrogens with zero attached hydrogens (tertiary/aromatic N) is 2. The van der Waals surface area contributed by atoms with Gasteiger partial charge in [0, 0.05) is 31.9 Å². The Morgan fingerprint density at radius 2 is 2.17 bits per heavy atom. The minimum atomic E-state index is 0.711. The Labute approximate surface area is 112 Å². The van der Waals surface area contributed by atoms with Gasteiger partial charge in [0.15, 0.2) is 0 Å². The Bertz CT molecular complexity index is 417. The lowest BCUT2D eigenvalue weighted by Crippen LogP contribution is -2.37. The van der Waals surface area contributed by atoms with Crippen molar-refractivity contribution < 1.29 is 4.74 Å². The largest absolute Gasteiger partial charge is 0.378 e. The van der Waals surface area contributed by atoms with Gasteiger partial charge in [-0.2, -0.15) is 0 Å². The molecule has 4 nitrogen and oxygen atoms in total. The highest BCUT2D eigenvalue weighted by Crippen LogP contribution is 2.25. The smallest absolute Gasteiger partial charge is 0.147 e. The molecule has 2 heterocycles. The summed E-state index contributed by atoms with van der Waals surface area (Å²) in [4.78, 5) is 6.68. The van der Waals surface area contributed by atoms with E-state index in [-0.39, 0.29) is 0 Å². The zero-order chi connectivity index (χ0) is 12.4. The number of anilines is 1. The van der Waals surface area contributed by atoms with Crippen molar-refractivity contribution in [1.29, 1.82) is 0 Å². The average molecular weight is 268 g/mol. The topological polar surface area (TPSA) is 37.4 Å². The van der Waals surface area contributed by atoms with Crippen LogP contribution >= 0.6 is 11.6 Å². The minimum Gasteiger partial charge on any atom is -0.378 e. The average Bonchev–Trinajstić information content (AvgIpc) is 3.21. The maximum absolute atomic E-state index is 6.32. The summed E-state index contributed by atoms with van der Waals surface area (Å²) < 4.78 is 5.33. The number of morpholine rings is 1. The first-order chi connectivity index (χ1) is 8.83. The Balaban J connectivity index is 1.66. The number of nitrogens with one attached hydrogen (secondary N) is 1. The highest BCUT2D eigenvalue weighted by Gasteiger charge is 2.20. The molecule has 1 aromatic rings. The Morgan fingerprint density at radius 3 is 2.83 bits per heavy atom. The lowest BCUT2D eigenvalue weighted by atomic mass is 10.2. The van der Waals surface area contributed by atoms with E-state index in [1.165, 1.54) is 12.8 Å². The molecule has 0 radical (unpaired) electrons. The zero-order valence-electron chi connectivity index (χ0n) is 10.4. The molecule has 1 aliphatic carbocycles. The van der Waals surface area contributed by atoms with E-state index >= 15 is 0 Å². The number of hydrogen-bond acceptors (Lipinski definition) is 4. The van der Waals surface area contributed by atoms with Crippen LogP contribution in [0.1, 0.15) is 18.4 Å². The molecular formula is C13H18ClN3O. The summed E-state index contributed by atoms with van der Waals surface area (Å²) in [6, 6.07) is 2.73. The summed E-state index contributed by atoms with van der Waals surface area (Å²) in [5, 5.41) is 4.21. The van der Waals surface area contributed by atoms with Crippen LogP contribution in [-0.2, 0) is 11.3 Å². The fourth-order valence-corrected chi connectivity index (χ4v) is 2.43. The van der Waals surface area contributed by atoms with Gasteiger partial charge in [-0.1, -0.05) is 11.6 Å². The third kappa shape index (κ3) is 2.94. The van der Waals surface area contributed by atoms with E-state index in [0.717, 1.165) is 49.3 Å². The molecule has 2 fully saturated rings. The quantitative estimate of drug-likeness (QED) is 0.903. The van der Waals surface area contributed by atoms with Crippen LogP contribution in [0.15, 0.2) is 12.3 Å². The molecule has 0 atom stereocenters. The molecule has 2 aliphatic rings. The van der Waals surface area contributed by atoms with E-state index in [1.54, 1.807) is 0 Å². The Hall–Kier alpha value is -0.840. The molecule has 0 amide bonds. The van der Waals surface area contributed by atoms with Gasteiger partial charge in [0.05, 0.1) is 18.2 Å². The summed E-state index contributed by atoms with van der Waals surface area (Å²) in [5.74, 6) is 0.884. The van der Waals surface area contributed by atoms with Gasteiger partial charge in [-0.25, -0.2) is 4.98 Å². The molecule has 0 spiro atoms. The number of hydrogen-bond donors (Lipinski definition) is 1. The maximum Gasteiger partial charge on any atom is 0.147 e. The fourth-order valence-electron chi connectivity index (χ4n) is 2.12. The minimum absolute atomic E-state index is 0.711. The Morgan fingerprint density at radius 1 is 1.39 bits per heavy atom. The van der Waals surface area contributed by atoms with Crippen molar-refractivity contribution in [2.75, 3.05) is 31.2 Å². The molecule has 1 saturated carbocycles. The van der Waals surface area contributed by atoms with Crippen LogP contribution in [0, 0.1) is 0 Å². The number of ether oxygens (including phenoxy) is 1. The first kappa shape index (κ1) is 12.2. The van der Waals surface area contributed by atoms with Gasteiger partial charge in [-0.3, -0.25) is 0 Å². The molecule has 0 bridgehead atoms. The van der Waals surface area contributed by atoms with Crippen molar-refractivity contribution in [3.05, 3.63) is 22.8 Å². The normalized spacial score (nSPS) is 20.2. The second-order valence-corrected chi connectivity index (χ2v) is 5.31. The monoisotopic (exact) mass is 267 g/mol. The predicted molar refractivity (Wildman–Crippen MR) is 72.1 cm³/mol. The molecular weight excluding hydrogens is 250 g/mol. The molecule has 18 heavy (non-hydrogen) atoms. The Kier molecular flexibility index (Phi) is 3.68. The molecule has 98 valence electrons. The summed E-state index contributed by atoms with van der Waals surface area (Å²) >= 11 is 6.32. The van der Waals surface area contributed by atoms with Crippen molar-refractivity contribution in [2.45, 2.75) is 25.4 Å². The lowest BCUT2D eigenvalue weighted by Gasteiger charge is -2.28. The van der Waals surface area contributed by atoms with Crippen molar-refractivity contribution >= 4 is 17.4 Å². The van der Waals surface area contributed by atoms with Crippen molar-refractivity contribution in [1.82, 2.24) is 10.3 Å². The van der Waals surface area contributed by atoms with Crippen LogP contribution in [0.4, 0.5) is 5.82 Å². The highest BCUT2D eigenvalue weighted by molar-refractivity contribution is 6.33. The molecule has 1 aromatic heterocycles. The first-order valence-electron chi connectivity index (χ1n) is 6.53. The summed E-state index contributed by atoms with van der Waals surface area (Å²) in [6.07, 6.45) is 4.52. The van der Waals surface area contributed by atoms with Crippen LogP contribution in [-0.4, -0.2) is 37.3 Å². The zero-order valence-corrected chi connectivity index (χ0v) is 11.1. The third-order valence-electron chi connectivity index (χ3n) is 3.36. The second kappa shape index (κ2) is 5.43. The van der Waals surface area contributed by atoms with Crippen molar-refractivity contribution in [3.8, 4) is 0 Å². The van der Waals surface area contributed by atoms with Crippen LogP contribution in [0.25, 0.3) is 0 Å². The van der Waals surface area contributed by atoms with E-state index < -0.39 is 0 Å². The van der Waals surface area contributed by atoms with Crippen LogP contribution < -0.4 is 10.2 Å². The molecule has 0 aromatic carbocycles. The van der Waals surface area contributed by atoms with Gasteiger partial charge in [-0.15, -0.1) is 0 Å². The highest BCUT2D eigenvalue weighted by atomic mass is 35.5. The van der Waals surface area contributed by atoms with Gasteiger partial charge in [-0.05, 0) is 24.5 Å². The molecule has 0 unspecified atom stereocenters. The first-order valence-corrected chi connectivity index (χ1v) is 6.91. The van der Waals surface area contributed by atoms with Gasteiger partial charge in [0.2, 0.25) is 0 Å². The predicted octanol–water partition coefficient (Wildman–Crippen LogP) is 1.82. The standard InChI is InChI=1S/C13H18ClN3O/c14-12-7-10(8-15-11-1-2-11)9-16-13(12)17-3-5-18-6-4-17/h7,9,11,15H,1-6,8H2.